The molecule has 0 fully saturated rings. The number of anilines is 2. The van der Waals surface area contributed by atoms with Gasteiger partial charge < -0.3 is 10.1 Å². The van der Waals surface area contributed by atoms with Crippen molar-refractivity contribution in [1.29, 1.82) is 0 Å². The van der Waals surface area contributed by atoms with Gasteiger partial charge in [0.1, 0.15) is 5.75 Å². The van der Waals surface area contributed by atoms with Crippen LogP contribution in [0, 0.1) is 5.82 Å². The maximum absolute atomic E-state index is 13.4. The average Bonchev–Trinajstić information content (AvgIpc) is 2.37. The van der Waals surface area contributed by atoms with Crippen molar-refractivity contribution in [3.63, 3.8) is 0 Å². The standard InChI is InChI=1S/C12H11ClFN3O/c1-2-18-9-5-3-8(4-6-9)16-11-10(14)7-15-12(13)17-11/h3-7H,2H2,1H3,(H,15,16,17). The number of rotatable bonds is 4. The molecule has 6 heteroatoms. The lowest BCUT2D eigenvalue weighted by atomic mass is 10.3. The number of ether oxygens (including phenoxy) is 1. The van der Waals surface area contributed by atoms with Gasteiger partial charge in [-0.1, -0.05) is 0 Å². The zero-order chi connectivity index (χ0) is 13.0. The molecule has 1 aromatic carbocycles. The van der Waals surface area contributed by atoms with Gasteiger partial charge in [-0.2, -0.15) is 4.98 Å². The van der Waals surface area contributed by atoms with Crippen LogP contribution in [-0.2, 0) is 0 Å². The number of hydrogen-bond donors (Lipinski definition) is 1. The Morgan fingerprint density at radius 1 is 1.33 bits per heavy atom. The Balaban J connectivity index is 2.15. The molecule has 0 spiro atoms. The highest BCUT2D eigenvalue weighted by Crippen LogP contribution is 2.21. The summed E-state index contributed by atoms with van der Waals surface area (Å²) in [7, 11) is 0. The van der Waals surface area contributed by atoms with Crippen molar-refractivity contribution in [2.45, 2.75) is 6.92 Å². The van der Waals surface area contributed by atoms with E-state index in [4.69, 9.17) is 16.3 Å². The van der Waals surface area contributed by atoms with Gasteiger partial charge in [0, 0.05) is 5.69 Å². The molecule has 0 amide bonds. The topological polar surface area (TPSA) is 47.0 Å². The summed E-state index contributed by atoms with van der Waals surface area (Å²) in [6, 6.07) is 7.10. The van der Waals surface area contributed by atoms with E-state index in [-0.39, 0.29) is 11.1 Å². The second-order valence-electron chi connectivity index (χ2n) is 3.42. The summed E-state index contributed by atoms with van der Waals surface area (Å²) in [6.45, 7) is 2.51. The molecule has 0 aliphatic heterocycles. The van der Waals surface area contributed by atoms with Crippen molar-refractivity contribution in [1.82, 2.24) is 9.97 Å². The van der Waals surface area contributed by atoms with E-state index in [9.17, 15) is 4.39 Å². The lowest BCUT2D eigenvalue weighted by molar-refractivity contribution is 0.340. The molecule has 1 aromatic heterocycles. The maximum Gasteiger partial charge on any atom is 0.224 e. The van der Waals surface area contributed by atoms with Crippen LogP contribution in [0.2, 0.25) is 5.28 Å². The van der Waals surface area contributed by atoms with Crippen molar-refractivity contribution < 1.29 is 9.13 Å². The minimum Gasteiger partial charge on any atom is -0.494 e. The Labute approximate surface area is 109 Å². The van der Waals surface area contributed by atoms with Crippen LogP contribution < -0.4 is 10.1 Å². The Morgan fingerprint density at radius 3 is 2.72 bits per heavy atom. The van der Waals surface area contributed by atoms with Gasteiger partial charge in [-0.3, -0.25) is 0 Å². The fourth-order valence-electron chi connectivity index (χ4n) is 1.37. The SMILES string of the molecule is CCOc1ccc(Nc2nc(Cl)ncc2F)cc1. The largest absolute Gasteiger partial charge is 0.494 e. The van der Waals surface area contributed by atoms with Gasteiger partial charge in [0.2, 0.25) is 5.28 Å². The Hall–Kier alpha value is -1.88. The van der Waals surface area contributed by atoms with E-state index in [0.29, 0.717) is 12.3 Å². The molecule has 94 valence electrons. The molecule has 0 atom stereocenters. The van der Waals surface area contributed by atoms with Crippen LogP contribution >= 0.6 is 11.6 Å². The van der Waals surface area contributed by atoms with Crippen LogP contribution in [0.25, 0.3) is 0 Å². The first-order valence-corrected chi connectivity index (χ1v) is 5.74. The fraction of sp³-hybridized carbons (Fsp3) is 0.167. The predicted molar refractivity (Wildman–Crippen MR) is 67.9 cm³/mol. The van der Waals surface area contributed by atoms with Gasteiger partial charge in [-0.25, -0.2) is 9.37 Å². The summed E-state index contributed by atoms with van der Waals surface area (Å²) in [6.07, 6.45) is 1.02. The monoisotopic (exact) mass is 267 g/mol. The van der Waals surface area contributed by atoms with Gasteiger partial charge in [-0.05, 0) is 42.8 Å². The minimum atomic E-state index is -0.562. The van der Waals surface area contributed by atoms with Gasteiger partial charge in [0.15, 0.2) is 11.6 Å². The van der Waals surface area contributed by atoms with Crippen LogP contribution in [0.5, 0.6) is 5.75 Å². The van der Waals surface area contributed by atoms with Crippen molar-refractivity contribution in [2.24, 2.45) is 0 Å². The van der Waals surface area contributed by atoms with E-state index in [1.165, 1.54) is 0 Å². The molecule has 2 rings (SSSR count). The second-order valence-corrected chi connectivity index (χ2v) is 3.76. The third-order valence-corrected chi connectivity index (χ3v) is 2.32. The minimum absolute atomic E-state index is 0.00941. The van der Waals surface area contributed by atoms with Crippen LogP contribution in [0.3, 0.4) is 0 Å². The van der Waals surface area contributed by atoms with E-state index in [2.05, 4.69) is 15.3 Å². The highest BCUT2D eigenvalue weighted by atomic mass is 35.5. The zero-order valence-corrected chi connectivity index (χ0v) is 10.4. The fourth-order valence-corrected chi connectivity index (χ4v) is 1.50. The molecule has 1 heterocycles. The first kappa shape index (κ1) is 12.6. The summed E-state index contributed by atoms with van der Waals surface area (Å²) in [5, 5.41) is 2.81. The number of halogens is 2. The lowest BCUT2D eigenvalue weighted by Crippen LogP contribution is -1.99. The lowest BCUT2D eigenvalue weighted by Gasteiger charge is -2.08. The normalized spacial score (nSPS) is 10.2. The highest BCUT2D eigenvalue weighted by Gasteiger charge is 2.06. The van der Waals surface area contributed by atoms with Crippen LogP contribution in [0.1, 0.15) is 6.92 Å². The molecule has 4 nitrogen and oxygen atoms in total. The summed E-state index contributed by atoms with van der Waals surface area (Å²) in [5.74, 6) is 0.233. The van der Waals surface area contributed by atoms with Gasteiger partial charge in [0.25, 0.3) is 0 Å². The Morgan fingerprint density at radius 2 is 2.06 bits per heavy atom. The molecule has 0 bridgehead atoms. The van der Waals surface area contributed by atoms with Gasteiger partial charge in [0.05, 0.1) is 12.8 Å². The maximum atomic E-state index is 13.4. The quantitative estimate of drug-likeness (QED) is 0.863. The van der Waals surface area contributed by atoms with Gasteiger partial charge >= 0.3 is 0 Å². The summed E-state index contributed by atoms with van der Waals surface area (Å²) < 4.78 is 18.7. The Kier molecular flexibility index (Phi) is 3.94. The molecule has 0 saturated carbocycles. The predicted octanol–water partition coefficient (Wildman–Crippen LogP) is 3.41. The van der Waals surface area contributed by atoms with E-state index < -0.39 is 5.82 Å². The molecule has 0 saturated heterocycles. The summed E-state index contributed by atoms with van der Waals surface area (Å²) in [4.78, 5) is 7.30. The van der Waals surface area contributed by atoms with Crippen molar-refractivity contribution in [3.8, 4) is 5.75 Å². The summed E-state index contributed by atoms with van der Waals surface area (Å²) in [5.41, 5.74) is 0.687. The molecule has 0 radical (unpaired) electrons. The smallest absolute Gasteiger partial charge is 0.224 e. The molecule has 0 aliphatic rings. The highest BCUT2D eigenvalue weighted by molar-refractivity contribution is 6.28. The van der Waals surface area contributed by atoms with Gasteiger partial charge in [-0.15, -0.1) is 0 Å². The first-order chi connectivity index (χ1) is 8.69. The molecule has 0 aliphatic carbocycles. The molecule has 2 aromatic rings. The van der Waals surface area contributed by atoms with Crippen LogP contribution in [0.15, 0.2) is 30.5 Å². The first-order valence-electron chi connectivity index (χ1n) is 5.37. The van der Waals surface area contributed by atoms with Crippen molar-refractivity contribution in [2.75, 3.05) is 11.9 Å². The molecule has 1 N–H and O–H groups in total. The van der Waals surface area contributed by atoms with Crippen molar-refractivity contribution >= 4 is 23.1 Å². The number of nitrogens with zero attached hydrogens (tertiary/aromatic N) is 2. The third-order valence-electron chi connectivity index (χ3n) is 2.14. The number of nitrogens with one attached hydrogen (secondary N) is 1. The van der Waals surface area contributed by atoms with Crippen molar-refractivity contribution in [3.05, 3.63) is 41.6 Å². The van der Waals surface area contributed by atoms with E-state index in [1.807, 2.05) is 6.92 Å². The molecular formula is C12H11ClFN3O. The Bertz CT molecular complexity index is 533. The number of benzene rings is 1. The van der Waals surface area contributed by atoms with E-state index >= 15 is 0 Å². The molecule has 18 heavy (non-hydrogen) atoms. The van der Waals surface area contributed by atoms with Crippen LogP contribution in [-0.4, -0.2) is 16.6 Å². The number of hydrogen-bond acceptors (Lipinski definition) is 4. The zero-order valence-electron chi connectivity index (χ0n) is 9.65. The van der Waals surface area contributed by atoms with E-state index in [1.54, 1.807) is 24.3 Å². The number of aromatic nitrogens is 2. The summed E-state index contributed by atoms with van der Waals surface area (Å²) >= 11 is 5.60. The molecule has 0 unspecified atom stereocenters. The molecular weight excluding hydrogens is 257 g/mol. The third kappa shape index (κ3) is 3.07. The average molecular weight is 268 g/mol. The second kappa shape index (κ2) is 5.64. The van der Waals surface area contributed by atoms with E-state index in [0.717, 1.165) is 11.9 Å². The van der Waals surface area contributed by atoms with Crippen LogP contribution in [0.4, 0.5) is 15.9 Å².